The van der Waals surface area contributed by atoms with E-state index in [1.54, 1.807) is 6.92 Å². The van der Waals surface area contributed by atoms with Crippen LogP contribution in [0, 0.1) is 5.41 Å². The number of rotatable bonds is 3. The van der Waals surface area contributed by atoms with Crippen LogP contribution in [0.1, 0.15) is 34.6 Å². The standard InChI is InChI=1S/C11H23N3S/c1-6-7-8(11(5,12)13)9(15-14)10(2,3)4/h6-7H,12-14H2,1-5H3/b7-6-,9-8+. The van der Waals surface area contributed by atoms with Gasteiger partial charge in [-0.25, -0.2) is 0 Å². The smallest absolute Gasteiger partial charge is 0.0878 e. The van der Waals surface area contributed by atoms with Crippen molar-refractivity contribution in [2.24, 2.45) is 22.0 Å². The molecule has 0 atom stereocenters. The lowest BCUT2D eigenvalue weighted by molar-refractivity contribution is 0.505. The van der Waals surface area contributed by atoms with Gasteiger partial charge >= 0.3 is 0 Å². The Hall–Kier alpha value is -0.290. The van der Waals surface area contributed by atoms with Gasteiger partial charge in [-0.3, -0.25) is 5.14 Å². The molecule has 0 fully saturated rings. The number of allylic oxidation sites excluding steroid dienone is 2. The third-order valence-corrected chi connectivity index (χ3v) is 3.03. The number of hydrogen-bond donors (Lipinski definition) is 3. The number of nitrogens with two attached hydrogens (primary N) is 3. The van der Waals surface area contributed by atoms with Crippen LogP contribution in [0.2, 0.25) is 0 Å². The van der Waals surface area contributed by atoms with Crippen molar-refractivity contribution in [2.45, 2.75) is 40.3 Å². The van der Waals surface area contributed by atoms with Gasteiger partial charge in [0, 0.05) is 4.91 Å². The van der Waals surface area contributed by atoms with E-state index in [1.165, 1.54) is 11.9 Å². The van der Waals surface area contributed by atoms with E-state index in [0.29, 0.717) is 0 Å². The molecule has 0 heterocycles. The van der Waals surface area contributed by atoms with E-state index in [2.05, 4.69) is 20.8 Å². The molecule has 4 heteroatoms. The minimum atomic E-state index is -0.860. The molecule has 0 saturated heterocycles. The molecule has 88 valence electrons. The molecule has 0 aromatic heterocycles. The van der Waals surface area contributed by atoms with Crippen LogP contribution in [0.4, 0.5) is 0 Å². The Balaban J connectivity index is 5.61. The Morgan fingerprint density at radius 2 is 1.60 bits per heavy atom. The van der Waals surface area contributed by atoms with Gasteiger partial charge in [-0.2, -0.15) is 0 Å². The van der Waals surface area contributed by atoms with Gasteiger partial charge in [0.2, 0.25) is 0 Å². The Morgan fingerprint density at radius 3 is 1.80 bits per heavy atom. The second kappa shape index (κ2) is 5.16. The second-order valence-electron chi connectivity index (χ2n) is 4.89. The summed E-state index contributed by atoms with van der Waals surface area (Å²) in [5.41, 5.74) is 11.9. The van der Waals surface area contributed by atoms with Crippen LogP contribution >= 0.6 is 11.9 Å². The van der Waals surface area contributed by atoms with Gasteiger partial charge in [-0.1, -0.05) is 44.9 Å². The summed E-state index contributed by atoms with van der Waals surface area (Å²) in [6.45, 7) is 10.0. The van der Waals surface area contributed by atoms with Crippen LogP contribution < -0.4 is 16.6 Å². The zero-order valence-electron chi connectivity index (χ0n) is 10.3. The molecule has 15 heavy (non-hydrogen) atoms. The van der Waals surface area contributed by atoms with Crippen molar-refractivity contribution in [1.82, 2.24) is 0 Å². The van der Waals surface area contributed by atoms with Crippen LogP contribution in [0.15, 0.2) is 22.6 Å². The molecule has 0 spiro atoms. The first kappa shape index (κ1) is 14.7. The quantitative estimate of drug-likeness (QED) is 0.393. The molecule has 0 saturated carbocycles. The zero-order valence-corrected chi connectivity index (χ0v) is 11.1. The van der Waals surface area contributed by atoms with Crippen molar-refractivity contribution < 1.29 is 0 Å². The average Bonchev–Trinajstić information content (AvgIpc) is 2.00. The first-order chi connectivity index (χ1) is 6.64. The normalized spacial score (nSPS) is 15.7. The number of hydrogen-bond acceptors (Lipinski definition) is 4. The van der Waals surface area contributed by atoms with Gasteiger partial charge in [0.1, 0.15) is 0 Å². The summed E-state index contributed by atoms with van der Waals surface area (Å²) >= 11 is 1.22. The molecule has 0 aromatic carbocycles. The summed E-state index contributed by atoms with van der Waals surface area (Å²) < 4.78 is 0. The van der Waals surface area contributed by atoms with Crippen LogP contribution in [0.25, 0.3) is 0 Å². The van der Waals surface area contributed by atoms with E-state index >= 15 is 0 Å². The van der Waals surface area contributed by atoms with Gasteiger partial charge in [-0.05, 0) is 24.8 Å². The van der Waals surface area contributed by atoms with Crippen LogP contribution in [0.5, 0.6) is 0 Å². The van der Waals surface area contributed by atoms with E-state index in [0.717, 1.165) is 10.5 Å². The molecule has 0 aliphatic carbocycles. The molecule has 0 radical (unpaired) electrons. The summed E-state index contributed by atoms with van der Waals surface area (Å²) in [6.07, 6.45) is 3.86. The maximum Gasteiger partial charge on any atom is 0.0878 e. The van der Waals surface area contributed by atoms with Crippen molar-refractivity contribution in [3.05, 3.63) is 22.6 Å². The van der Waals surface area contributed by atoms with Crippen molar-refractivity contribution >= 4 is 11.9 Å². The Bertz CT molecular complexity index is 267. The summed E-state index contributed by atoms with van der Waals surface area (Å²) in [5.74, 6) is 0. The van der Waals surface area contributed by atoms with E-state index in [9.17, 15) is 0 Å². The predicted molar refractivity (Wildman–Crippen MR) is 69.9 cm³/mol. The Labute approximate surface area is 97.3 Å². The van der Waals surface area contributed by atoms with Gasteiger partial charge in [0.25, 0.3) is 0 Å². The van der Waals surface area contributed by atoms with E-state index in [-0.39, 0.29) is 5.41 Å². The maximum absolute atomic E-state index is 5.94. The highest BCUT2D eigenvalue weighted by Gasteiger charge is 2.27. The fourth-order valence-corrected chi connectivity index (χ4v) is 2.08. The third-order valence-electron chi connectivity index (χ3n) is 1.96. The van der Waals surface area contributed by atoms with Gasteiger partial charge in [0.05, 0.1) is 5.66 Å². The van der Waals surface area contributed by atoms with Crippen LogP contribution in [-0.4, -0.2) is 5.66 Å². The van der Waals surface area contributed by atoms with Crippen molar-refractivity contribution in [2.75, 3.05) is 0 Å². The molecule has 0 aliphatic heterocycles. The molecular formula is C11H23N3S. The molecule has 0 unspecified atom stereocenters. The topological polar surface area (TPSA) is 78.1 Å². The van der Waals surface area contributed by atoms with Crippen molar-refractivity contribution in [1.29, 1.82) is 0 Å². The highest BCUT2D eigenvalue weighted by Crippen LogP contribution is 2.36. The minimum absolute atomic E-state index is 0.0474. The molecule has 0 rings (SSSR count). The monoisotopic (exact) mass is 229 g/mol. The SMILES string of the molecule is C/C=C\C(=C(/SN)C(C)(C)C)C(C)(N)N. The summed E-state index contributed by atoms with van der Waals surface area (Å²) in [6, 6.07) is 0. The predicted octanol–water partition coefficient (Wildman–Crippen LogP) is 2.10. The third kappa shape index (κ3) is 4.38. The summed E-state index contributed by atoms with van der Waals surface area (Å²) in [5, 5.41) is 5.70. The van der Waals surface area contributed by atoms with Crippen LogP contribution in [0.3, 0.4) is 0 Å². The molecular weight excluding hydrogens is 206 g/mol. The van der Waals surface area contributed by atoms with Gasteiger partial charge in [0.15, 0.2) is 0 Å². The van der Waals surface area contributed by atoms with E-state index < -0.39 is 5.66 Å². The fourth-order valence-electron chi connectivity index (χ4n) is 1.31. The molecule has 3 nitrogen and oxygen atoms in total. The molecule has 0 aliphatic rings. The minimum Gasteiger partial charge on any atom is -0.310 e. The van der Waals surface area contributed by atoms with E-state index in [1.807, 2.05) is 19.1 Å². The highest BCUT2D eigenvalue weighted by molar-refractivity contribution is 8.01. The van der Waals surface area contributed by atoms with Crippen molar-refractivity contribution in [3.63, 3.8) is 0 Å². The van der Waals surface area contributed by atoms with Gasteiger partial charge in [-0.15, -0.1) is 0 Å². The van der Waals surface area contributed by atoms with Gasteiger partial charge < -0.3 is 11.5 Å². The lowest BCUT2D eigenvalue weighted by atomic mass is 9.88. The first-order valence-electron chi connectivity index (χ1n) is 4.97. The van der Waals surface area contributed by atoms with Crippen LogP contribution in [-0.2, 0) is 0 Å². The van der Waals surface area contributed by atoms with Crippen molar-refractivity contribution in [3.8, 4) is 0 Å². The second-order valence-corrected chi connectivity index (χ2v) is 5.54. The largest absolute Gasteiger partial charge is 0.310 e. The average molecular weight is 229 g/mol. The lowest BCUT2D eigenvalue weighted by Crippen LogP contribution is -2.48. The molecule has 6 N–H and O–H groups in total. The fraction of sp³-hybridized carbons (Fsp3) is 0.636. The summed E-state index contributed by atoms with van der Waals surface area (Å²) in [7, 11) is 0. The molecule has 0 amide bonds. The first-order valence-corrected chi connectivity index (χ1v) is 5.85. The Morgan fingerprint density at radius 1 is 1.13 bits per heavy atom. The summed E-state index contributed by atoms with van der Waals surface area (Å²) in [4.78, 5) is 1.02. The highest BCUT2D eigenvalue weighted by atomic mass is 32.2. The zero-order chi connectivity index (χ0) is 12.3. The van der Waals surface area contributed by atoms with E-state index in [4.69, 9.17) is 16.6 Å². The molecule has 0 aromatic rings. The molecule has 0 bridgehead atoms. The Kier molecular flexibility index (Phi) is 5.06. The lowest BCUT2D eigenvalue weighted by Gasteiger charge is -2.30. The maximum atomic E-state index is 5.94.